The zero-order valence-corrected chi connectivity index (χ0v) is 10.9. The van der Waals surface area contributed by atoms with Crippen molar-refractivity contribution in [3.63, 3.8) is 0 Å². The molecule has 1 aromatic heterocycles. The summed E-state index contributed by atoms with van der Waals surface area (Å²) in [6, 6.07) is 2.37. The second-order valence-electron chi connectivity index (χ2n) is 4.07. The van der Waals surface area contributed by atoms with Crippen LogP contribution in [-0.2, 0) is 6.18 Å². The van der Waals surface area contributed by atoms with Crippen LogP contribution >= 0.6 is 0 Å². The number of nitrogens with one attached hydrogen (secondary N) is 1. The van der Waals surface area contributed by atoms with Crippen molar-refractivity contribution in [3.8, 4) is 0 Å². The molecule has 1 unspecified atom stereocenters. The summed E-state index contributed by atoms with van der Waals surface area (Å²) in [6.07, 6.45) is -3.63. The lowest BCUT2D eigenvalue weighted by molar-refractivity contribution is -0.137. The summed E-state index contributed by atoms with van der Waals surface area (Å²) in [4.78, 5) is 3.73. The lowest BCUT2D eigenvalue weighted by atomic mass is 10.2. The van der Waals surface area contributed by atoms with Gasteiger partial charge in [0.2, 0.25) is 0 Å². The maximum absolute atomic E-state index is 12.1. The predicted molar refractivity (Wildman–Crippen MR) is 64.1 cm³/mol. The van der Waals surface area contributed by atoms with Crippen LogP contribution in [0.5, 0.6) is 0 Å². The summed E-state index contributed by atoms with van der Waals surface area (Å²) in [5.41, 5.74) is -0.120. The fourth-order valence-corrected chi connectivity index (χ4v) is 0.977. The van der Waals surface area contributed by atoms with E-state index in [4.69, 9.17) is 5.11 Å². The highest BCUT2D eigenvalue weighted by atomic mass is 19.4. The van der Waals surface area contributed by atoms with Crippen LogP contribution in [-0.4, -0.2) is 23.2 Å². The van der Waals surface area contributed by atoms with Gasteiger partial charge in [-0.25, -0.2) is 0 Å². The topological polar surface area (TPSA) is 45.1 Å². The van der Waals surface area contributed by atoms with E-state index in [-0.39, 0.29) is 12.1 Å². The molecule has 0 saturated carbocycles. The fraction of sp³-hybridized carbons (Fsp3) is 0.583. The standard InChI is InChI=1S/C9H11F3N2.C3H8O/c1-6(13-2)8-4-3-7(5-14-8)9(10,11)12;1-3(2)4/h3-6,13H,1-2H3;3-4H,1-2H3. The number of aromatic nitrogens is 1. The van der Waals surface area contributed by atoms with Gasteiger partial charge in [0.1, 0.15) is 0 Å². The first kappa shape index (κ1) is 16.9. The maximum Gasteiger partial charge on any atom is 0.417 e. The molecule has 2 N–H and O–H groups in total. The Kier molecular flexibility index (Phi) is 6.86. The number of aliphatic hydroxyl groups is 1. The van der Waals surface area contributed by atoms with Crippen LogP contribution in [0.15, 0.2) is 18.3 Å². The SMILES string of the molecule is CC(C)O.CNC(C)c1ccc(C(F)(F)F)cn1. The monoisotopic (exact) mass is 264 g/mol. The Labute approximate surface area is 105 Å². The van der Waals surface area contributed by atoms with Crippen molar-refractivity contribution >= 4 is 0 Å². The molecule has 1 atom stereocenters. The molecule has 1 rings (SSSR count). The molecule has 18 heavy (non-hydrogen) atoms. The molecular formula is C12H19F3N2O. The van der Waals surface area contributed by atoms with Gasteiger partial charge in [0.15, 0.2) is 0 Å². The molecule has 1 heterocycles. The molecule has 0 aliphatic rings. The molecule has 0 amide bonds. The summed E-state index contributed by atoms with van der Waals surface area (Å²) >= 11 is 0. The van der Waals surface area contributed by atoms with E-state index in [0.717, 1.165) is 12.3 Å². The number of hydrogen-bond acceptors (Lipinski definition) is 3. The van der Waals surface area contributed by atoms with Crippen molar-refractivity contribution < 1.29 is 18.3 Å². The van der Waals surface area contributed by atoms with Gasteiger partial charge >= 0.3 is 6.18 Å². The Morgan fingerprint density at radius 2 is 1.72 bits per heavy atom. The summed E-state index contributed by atoms with van der Waals surface area (Å²) in [5, 5.41) is 11.0. The van der Waals surface area contributed by atoms with E-state index in [1.54, 1.807) is 20.9 Å². The van der Waals surface area contributed by atoms with Crippen LogP contribution in [0.4, 0.5) is 13.2 Å². The minimum absolute atomic E-state index is 0.0442. The lowest BCUT2D eigenvalue weighted by Crippen LogP contribution is -2.14. The number of hydrogen-bond donors (Lipinski definition) is 2. The molecule has 0 aliphatic carbocycles. The van der Waals surface area contributed by atoms with Crippen LogP contribution in [0.1, 0.15) is 38.1 Å². The maximum atomic E-state index is 12.1. The second-order valence-corrected chi connectivity index (χ2v) is 4.07. The molecule has 0 radical (unpaired) electrons. The Balaban J connectivity index is 0.000000631. The van der Waals surface area contributed by atoms with Crippen molar-refractivity contribution in [2.45, 2.75) is 39.1 Å². The average molecular weight is 264 g/mol. The lowest BCUT2D eigenvalue weighted by Gasteiger charge is -2.11. The highest BCUT2D eigenvalue weighted by Gasteiger charge is 2.30. The van der Waals surface area contributed by atoms with Gasteiger partial charge < -0.3 is 10.4 Å². The molecule has 0 saturated heterocycles. The highest BCUT2D eigenvalue weighted by Crippen LogP contribution is 2.28. The van der Waals surface area contributed by atoms with Crippen molar-refractivity contribution in [2.75, 3.05) is 7.05 Å². The minimum atomic E-state index is -4.31. The van der Waals surface area contributed by atoms with Crippen LogP contribution in [0, 0.1) is 0 Å². The van der Waals surface area contributed by atoms with Crippen molar-refractivity contribution in [1.29, 1.82) is 0 Å². The first-order chi connectivity index (χ1) is 8.18. The average Bonchev–Trinajstić information content (AvgIpc) is 2.26. The van der Waals surface area contributed by atoms with Gasteiger partial charge in [-0.1, -0.05) is 0 Å². The second kappa shape index (κ2) is 7.33. The third-order valence-corrected chi connectivity index (χ3v) is 1.99. The molecule has 0 spiro atoms. The van der Waals surface area contributed by atoms with Crippen LogP contribution in [0.3, 0.4) is 0 Å². The van der Waals surface area contributed by atoms with Gasteiger partial charge in [0.05, 0.1) is 11.3 Å². The predicted octanol–water partition coefficient (Wildman–Crippen LogP) is 2.77. The third kappa shape index (κ3) is 6.56. The van der Waals surface area contributed by atoms with Gasteiger partial charge in [-0.3, -0.25) is 4.98 Å². The molecule has 104 valence electrons. The van der Waals surface area contributed by atoms with E-state index in [9.17, 15) is 13.2 Å². The fourth-order valence-electron chi connectivity index (χ4n) is 0.977. The molecular weight excluding hydrogens is 245 g/mol. The molecule has 0 bridgehead atoms. The van der Waals surface area contributed by atoms with E-state index in [1.807, 2.05) is 6.92 Å². The number of halogens is 3. The number of alkyl halides is 3. The number of pyridine rings is 1. The Hall–Kier alpha value is -1.14. The summed E-state index contributed by atoms with van der Waals surface area (Å²) in [6.45, 7) is 5.27. The smallest absolute Gasteiger partial charge is 0.394 e. The van der Waals surface area contributed by atoms with Gasteiger partial charge in [-0.15, -0.1) is 0 Å². The summed E-state index contributed by atoms with van der Waals surface area (Å²) in [7, 11) is 1.73. The van der Waals surface area contributed by atoms with Crippen LogP contribution in [0.25, 0.3) is 0 Å². The largest absolute Gasteiger partial charge is 0.417 e. The molecule has 0 aromatic carbocycles. The van der Waals surface area contributed by atoms with E-state index < -0.39 is 11.7 Å². The van der Waals surface area contributed by atoms with Crippen LogP contribution in [0.2, 0.25) is 0 Å². The Morgan fingerprint density at radius 3 is 2.00 bits per heavy atom. The molecule has 1 aromatic rings. The highest BCUT2D eigenvalue weighted by molar-refractivity contribution is 5.18. The molecule has 3 nitrogen and oxygen atoms in total. The van der Waals surface area contributed by atoms with Crippen molar-refractivity contribution in [2.24, 2.45) is 0 Å². The van der Waals surface area contributed by atoms with E-state index in [0.29, 0.717) is 5.69 Å². The van der Waals surface area contributed by atoms with Gasteiger partial charge in [-0.2, -0.15) is 13.2 Å². The quantitative estimate of drug-likeness (QED) is 0.863. The molecule has 6 heteroatoms. The Bertz CT molecular complexity index is 333. The third-order valence-electron chi connectivity index (χ3n) is 1.99. The van der Waals surface area contributed by atoms with E-state index in [2.05, 4.69) is 10.3 Å². The molecule has 0 aliphatic heterocycles. The zero-order chi connectivity index (χ0) is 14.3. The Morgan fingerprint density at radius 1 is 1.22 bits per heavy atom. The van der Waals surface area contributed by atoms with E-state index in [1.165, 1.54) is 6.07 Å². The van der Waals surface area contributed by atoms with Crippen molar-refractivity contribution in [3.05, 3.63) is 29.6 Å². The van der Waals surface area contributed by atoms with E-state index >= 15 is 0 Å². The van der Waals surface area contributed by atoms with Gasteiger partial charge in [0, 0.05) is 18.3 Å². The first-order valence-electron chi connectivity index (χ1n) is 5.57. The molecule has 0 fully saturated rings. The van der Waals surface area contributed by atoms with Crippen LogP contribution < -0.4 is 5.32 Å². The van der Waals surface area contributed by atoms with Gasteiger partial charge in [0.25, 0.3) is 0 Å². The van der Waals surface area contributed by atoms with Gasteiger partial charge in [-0.05, 0) is 40.0 Å². The zero-order valence-electron chi connectivity index (χ0n) is 10.9. The summed E-state index contributed by atoms with van der Waals surface area (Å²) in [5.74, 6) is 0. The number of rotatable bonds is 2. The summed E-state index contributed by atoms with van der Waals surface area (Å²) < 4.78 is 36.4. The van der Waals surface area contributed by atoms with Crippen molar-refractivity contribution in [1.82, 2.24) is 10.3 Å². The number of nitrogens with zero attached hydrogens (tertiary/aromatic N) is 1. The number of aliphatic hydroxyl groups excluding tert-OH is 1. The normalized spacial score (nSPS) is 12.9. The minimum Gasteiger partial charge on any atom is -0.394 e. The first-order valence-corrected chi connectivity index (χ1v) is 5.57.